The Labute approximate surface area is 136 Å². The minimum atomic E-state index is -0.132. The number of thiazole rings is 1. The predicted molar refractivity (Wildman–Crippen MR) is 92.5 cm³/mol. The first-order valence-electron chi connectivity index (χ1n) is 7.94. The molecule has 0 aromatic carbocycles. The Morgan fingerprint density at radius 1 is 1.36 bits per heavy atom. The second-order valence-corrected chi connectivity index (χ2v) is 6.70. The predicted octanol–water partition coefficient (Wildman–Crippen LogP) is 1.38. The zero-order valence-corrected chi connectivity index (χ0v) is 14.3. The van der Waals surface area contributed by atoms with Crippen molar-refractivity contribution in [3.63, 3.8) is 0 Å². The standard InChI is InChI=1S/C15H27N5OS/c1-3-15(4-2,12-21)11-18-13(16)19-6-8-20(9-7-19)14-17-5-10-22-14/h5,10,21H,3-4,6-9,11-12H2,1-2H3,(H2,16,18). The fourth-order valence-corrected chi connectivity index (χ4v) is 3.29. The number of anilines is 1. The monoisotopic (exact) mass is 325 g/mol. The lowest BCUT2D eigenvalue weighted by atomic mass is 9.83. The summed E-state index contributed by atoms with van der Waals surface area (Å²) in [5.74, 6) is 0.596. The molecule has 1 aromatic rings. The number of piperazine rings is 1. The molecule has 2 rings (SSSR count). The molecule has 0 unspecified atom stereocenters. The summed E-state index contributed by atoms with van der Waals surface area (Å²) in [7, 11) is 0. The lowest BCUT2D eigenvalue weighted by Gasteiger charge is -2.35. The summed E-state index contributed by atoms with van der Waals surface area (Å²) in [5.41, 5.74) is 6.01. The Morgan fingerprint density at radius 3 is 2.55 bits per heavy atom. The van der Waals surface area contributed by atoms with E-state index in [9.17, 15) is 5.11 Å². The molecule has 22 heavy (non-hydrogen) atoms. The molecule has 124 valence electrons. The van der Waals surface area contributed by atoms with Crippen LogP contribution in [-0.4, -0.2) is 60.3 Å². The number of hydrogen-bond donors (Lipinski definition) is 2. The van der Waals surface area contributed by atoms with Gasteiger partial charge < -0.3 is 20.6 Å². The van der Waals surface area contributed by atoms with E-state index < -0.39 is 0 Å². The second-order valence-electron chi connectivity index (χ2n) is 5.83. The molecular weight excluding hydrogens is 298 g/mol. The van der Waals surface area contributed by atoms with Gasteiger partial charge in [0.2, 0.25) is 0 Å². The summed E-state index contributed by atoms with van der Waals surface area (Å²) in [6.07, 6.45) is 3.66. The third-order valence-corrected chi connectivity index (χ3v) is 5.54. The van der Waals surface area contributed by atoms with Crippen LogP contribution in [-0.2, 0) is 0 Å². The Hall–Kier alpha value is -1.34. The third kappa shape index (κ3) is 3.89. The smallest absolute Gasteiger partial charge is 0.191 e. The fourth-order valence-electron chi connectivity index (χ4n) is 2.59. The first-order chi connectivity index (χ1) is 10.6. The molecule has 0 saturated carbocycles. The highest BCUT2D eigenvalue weighted by atomic mass is 32.1. The van der Waals surface area contributed by atoms with Crippen molar-refractivity contribution in [2.24, 2.45) is 16.1 Å². The molecule has 3 N–H and O–H groups in total. The number of aliphatic hydroxyl groups excluding tert-OH is 1. The number of aromatic nitrogens is 1. The highest BCUT2D eigenvalue weighted by Crippen LogP contribution is 2.26. The third-order valence-electron chi connectivity index (χ3n) is 4.71. The molecular formula is C15H27N5OS. The summed E-state index contributed by atoms with van der Waals surface area (Å²) in [4.78, 5) is 13.3. The van der Waals surface area contributed by atoms with Gasteiger partial charge in [0.15, 0.2) is 11.1 Å². The van der Waals surface area contributed by atoms with Gasteiger partial charge in [0.25, 0.3) is 0 Å². The van der Waals surface area contributed by atoms with E-state index in [1.54, 1.807) is 11.3 Å². The quantitative estimate of drug-likeness (QED) is 0.610. The van der Waals surface area contributed by atoms with Crippen LogP contribution in [0.25, 0.3) is 0 Å². The minimum Gasteiger partial charge on any atom is -0.396 e. The largest absolute Gasteiger partial charge is 0.396 e. The van der Waals surface area contributed by atoms with E-state index in [2.05, 4.69) is 33.6 Å². The van der Waals surface area contributed by atoms with Gasteiger partial charge in [-0.1, -0.05) is 13.8 Å². The lowest BCUT2D eigenvalue weighted by Crippen LogP contribution is -2.51. The topological polar surface area (TPSA) is 78.0 Å². The average Bonchev–Trinajstić information content (AvgIpc) is 3.11. The number of aliphatic hydroxyl groups is 1. The molecule has 1 aliphatic rings. The summed E-state index contributed by atoms with van der Waals surface area (Å²) < 4.78 is 0. The summed E-state index contributed by atoms with van der Waals surface area (Å²) in [6.45, 7) is 8.49. The molecule has 1 aromatic heterocycles. The zero-order chi connectivity index (χ0) is 16.0. The van der Waals surface area contributed by atoms with Crippen LogP contribution in [0.4, 0.5) is 5.13 Å². The minimum absolute atomic E-state index is 0.132. The second kappa shape index (κ2) is 7.78. The van der Waals surface area contributed by atoms with Gasteiger partial charge in [-0.2, -0.15) is 0 Å². The van der Waals surface area contributed by atoms with E-state index >= 15 is 0 Å². The summed E-state index contributed by atoms with van der Waals surface area (Å²) in [6, 6.07) is 0. The van der Waals surface area contributed by atoms with Crippen molar-refractivity contribution in [3.05, 3.63) is 11.6 Å². The molecule has 7 heteroatoms. The maximum absolute atomic E-state index is 9.60. The van der Waals surface area contributed by atoms with Crippen LogP contribution in [0, 0.1) is 5.41 Å². The van der Waals surface area contributed by atoms with Crippen molar-refractivity contribution in [2.75, 3.05) is 44.2 Å². The molecule has 0 aliphatic carbocycles. The Kier molecular flexibility index (Phi) is 6.02. The summed E-state index contributed by atoms with van der Waals surface area (Å²) >= 11 is 1.67. The maximum Gasteiger partial charge on any atom is 0.191 e. The first-order valence-corrected chi connectivity index (χ1v) is 8.82. The number of nitrogens with zero attached hydrogens (tertiary/aromatic N) is 4. The van der Waals surface area contributed by atoms with Gasteiger partial charge in [-0.15, -0.1) is 11.3 Å². The molecule has 6 nitrogen and oxygen atoms in total. The SMILES string of the molecule is CCC(CC)(CO)CN=C(N)N1CCN(c2nccs2)CC1. The van der Waals surface area contributed by atoms with Crippen LogP contribution in [0.2, 0.25) is 0 Å². The molecule has 0 spiro atoms. The van der Waals surface area contributed by atoms with Crippen LogP contribution < -0.4 is 10.6 Å². The highest BCUT2D eigenvalue weighted by Gasteiger charge is 2.26. The number of aliphatic imine (C=N–C) groups is 1. The van der Waals surface area contributed by atoms with Crippen LogP contribution in [0.3, 0.4) is 0 Å². The van der Waals surface area contributed by atoms with Gasteiger partial charge in [-0.05, 0) is 12.8 Å². The molecule has 0 radical (unpaired) electrons. The van der Waals surface area contributed by atoms with Gasteiger partial charge in [0, 0.05) is 43.2 Å². The van der Waals surface area contributed by atoms with E-state index in [4.69, 9.17) is 5.73 Å². The Bertz CT molecular complexity index is 456. The van der Waals surface area contributed by atoms with Crippen molar-refractivity contribution in [3.8, 4) is 0 Å². The van der Waals surface area contributed by atoms with Crippen molar-refractivity contribution in [1.29, 1.82) is 0 Å². The molecule has 1 fully saturated rings. The highest BCUT2D eigenvalue weighted by molar-refractivity contribution is 7.13. The van der Waals surface area contributed by atoms with Crippen LogP contribution >= 0.6 is 11.3 Å². The van der Waals surface area contributed by atoms with E-state index in [0.29, 0.717) is 12.5 Å². The van der Waals surface area contributed by atoms with Crippen molar-refractivity contribution >= 4 is 22.4 Å². The number of hydrogen-bond acceptors (Lipinski definition) is 5. The summed E-state index contributed by atoms with van der Waals surface area (Å²) in [5, 5.41) is 12.7. The van der Waals surface area contributed by atoms with Crippen LogP contribution in [0.5, 0.6) is 0 Å². The van der Waals surface area contributed by atoms with Gasteiger partial charge in [-0.3, -0.25) is 4.99 Å². The van der Waals surface area contributed by atoms with E-state index in [0.717, 1.165) is 44.2 Å². The van der Waals surface area contributed by atoms with Gasteiger partial charge in [0.05, 0.1) is 13.2 Å². The van der Waals surface area contributed by atoms with Gasteiger partial charge in [0.1, 0.15) is 0 Å². The Balaban J connectivity index is 1.89. The average molecular weight is 325 g/mol. The fraction of sp³-hybridized carbons (Fsp3) is 0.733. The van der Waals surface area contributed by atoms with Gasteiger partial charge in [-0.25, -0.2) is 4.98 Å². The van der Waals surface area contributed by atoms with Crippen LogP contribution in [0.15, 0.2) is 16.6 Å². The van der Waals surface area contributed by atoms with E-state index in [1.807, 2.05) is 11.6 Å². The molecule has 1 saturated heterocycles. The normalized spacial score (nSPS) is 17.1. The molecule has 0 amide bonds. The van der Waals surface area contributed by atoms with Crippen molar-refractivity contribution in [1.82, 2.24) is 9.88 Å². The molecule has 1 aliphatic heterocycles. The molecule has 0 atom stereocenters. The van der Waals surface area contributed by atoms with Crippen molar-refractivity contribution in [2.45, 2.75) is 26.7 Å². The number of nitrogens with two attached hydrogens (primary N) is 1. The molecule has 2 heterocycles. The first kappa shape index (κ1) is 17.0. The van der Waals surface area contributed by atoms with E-state index in [1.165, 1.54) is 0 Å². The maximum atomic E-state index is 9.60. The van der Waals surface area contributed by atoms with E-state index in [-0.39, 0.29) is 12.0 Å². The number of rotatable bonds is 6. The van der Waals surface area contributed by atoms with Gasteiger partial charge >= 0.3 is 0 Å². The van der Waals surface area contributed by atoms with Crippen molar-refractivity contribution < 1.29 is 5.11 Å². The van der Waals surface area contributed by atoms with Crippen LogP contribution in [0.1, 0.15) is 26.7 Å². The lowest BCUT2D eigenvalue weighted by molar-refractivity contribution is 0.123. The molecule has 0 bridgehead atoms. The zero-order valence-electron chi connectivity index (χ0n) is 13.5. The number of guanidine groups is 1. The Morgan fingerprint density at radius 2 is 2.05 bits per heavy atom.